The first-order chi connectivity index (χ1) is 9.62. The quantitative estimate of drug-likeness (QED) is 0.847. The van der Waals surface area contributed by atoms with Crippen molar-refractivity contribution >= 4 is 0 Å². The highest BCUT2D eigenvalue weighted by Gasteiger charge is 2.06. The predicted molar refractivity (Wildman–Crippen MR) is 78.0 cm³/mol. The number of ether oxygens (including phenoxy) is 2. The molecule has 0 heterocycles. The van der Waals surface area contributed by atoms with Crippen LogP contribution in [0.3, 0.4) is 0 Å². The molecule has 2 aromatic carbocycles. The number of nitriles is 1. The Hall–Kier alpha value is -2.47. The summed E-state index contributed by atoms with van der Waals surface area (Å²) in [6.45, 7) is 4.61. The highest BCUT2D eigenvalue weighted by Crippen LogP contribution is 2.28. The zero-order valence-electron chi connectivity index (χ0n) is 11.9. The number of aryl methyl sites for hydroxylation is 2. The van der Waals surface area contributed by atoms with E-state index >= 15 is 0 Å². The van der Waals surface area contributed by atoms with Crippen molar-refractivity contribution in [2.45, 2.75) is 20.5 Å². The van der Waals surface area contributed by atoms with Gasteiger partial charge in [-0.1, -0.05) is 29.3 Å². The standard InChI is InChI=1S/C17H17NO2/c1-12-6-13(2)8-15(7-12)11-20-16-5-4-14(10-18)9-17(16)19-3/h4-9H,11H2,1-3H3. The van der Waals surface area contributed by atoms with Crippen molar-refractivity contribution in [3.8, 4) is 17.6 Å². The number of hydrogen-bond donors (Lipinski definition) is 0. The van der Waals surface area contributed by atoms with E-state index in [1.54, 1.807) is 25.3 Å². The van der Waals surface area contributed by atoms with Gasteiger partial charge in [0.05, 0.1) is 18.7 Å². The fraction of sp³-hybridized carbons (Fsp3) is 0.235. The van der Waals surface area contributed by atoms with Crippen molar-refractivity contribution in [3.05, 3.63) is 58.7 Å². The molecule has 0 spiro atoms. The van der Waals surface area contributed by atoms with Crippen molar-refractivity contribution in [2.24, 2.45) is 0 Å². The molecule has 0 aliphatic heterocycles. The summed E-state index contributed by atoms with van der Waals surface area (Å²) < 4.78 is 11.0. The molecule has 0 bridgehead atoms. The Morgan fingerprint density at radius 1 is 1.00 bits per heavy atom. The average Bonchev–Trinajstić information content (AvgIpc) is 2.44. The number of methoxy groups -OCH3 is 1. The minimum Gasteiger partial charge on any atom is -0.493 e. The summed E-state index contributed by atoms with van der Waals surface area (Å²) in [7, 11) is 1.57. The van der Waals surface area contributed by atoms with Gasteiger partial charge in [-0.3, -0.25) is 0 Å². The van der Waals surface area contributed by atoms with Crippen LogP contribution in [0.1, 0.15) is 22.3 Å². The first-order valence-electron chi connectivity index (χ1n) is 6.40. The van der Waals surface area contributed by atoms with E-state index in [0.717, 1.165) is 5.56 Å². The maximum atomic E-state index is 8.87. The summed E-state index contributed by atoms with van der Waals surface area (Å²) >= 11 is 0. The topological polar surface area (TPSA) is 42.2 Å². The maximum absolute atomic E-state index is 8.87. The summed E-state index contributed by atoms with van der Waals surface area (Å²) in [6, 6.07) is 13.6. The van der Waals surface area contributed by atoms with Crippen LogP contribution in [0.25, 0.3) is 0 Å². The second-order valence-corrected chi connectivity index (χ2v) is 4.76. The molecule has 0 radical (unpaired) electrons. The smallest absolute Gasteiger partial charge is 0.162 e. The van der Waals surface area contributed by atoms with Crippen molar-refractivity contribution in [2.75, 3.05) is 7.11 Å². The number of rotatable bonds is 4. The summed E-state index contributed by atoms with van der Waals surface area (Å²) in [6.07, 6.45) is 0. The van der Waals surface area contributed by atoms with E-state index < -0.39 is 0 Å². The van der Waals surface area contributed by atoms with Gasteiger partial charge in [-0.25, -0.2) is 0 Å². The fourth-order valence-electron chi connectivity index (χ4n) is 2.17. The van der Waals surface area contributed by atoms with Gasteiger partial charge >= 0.3 is 0 Å². The first-order valence-corrected chi connectivity index (χ1v) is 6.40. The second kappa shape index (κ2) is 6.12. The van der Waals surface area contributed by atoms with E-state index in [9.17, 15) is 0 Å². The Kier molecular flexibility index (Phi) is 4.27. The van der Waals surface area contributed by atoms with Gasteiger partial charge in [0, 0.05) is 6.07 Å². The molecule has 3 heteroatoms. The second-order valence-electron chi connectivity index (χ2n) is 4.76. The van der Waals surface area contributed by atoms with E-state index in [2.05, 4.69) is 38.1 Å². The molecule has 0 atom stereocenters. The van der Waals surface area contributed by atoms with Gasteiger partial charge in [0.15, 0.2) is 11.5 Å². The largest absolute Gasteiger partial charge is 0.493 e. The molecular formula is C17H17NO2. The Morgan fingerprint density at radius 3 is 2.30 bits per heavy atom. The van der Waals surface area contributed by atoms with Crippen LogP contribution in [0.15, 0.2) is 36.4 Å². The van der Waals surface area contributed by atoms with Gasteiger partial charge < -0.3 is 9.47 Å². The third-order valence-electron chi connectivity index (χ3n) is 2.97. The molecular weight excluding hydrogens is 250 g/mol. The van der Waals surface area contributed by atoms with E-state index in [0.29, 0.717) is 23.7 Å². The molecule has 0 saturated heterocycles. The van der Waals surface area contributed by atoms with Crippen LogP contribution in [-0.2, 0) is 6.61 Å². The van der Waals surface area contributed by atoms with Gasteiger partial charge in [-0.2, -0.15) is 5.26 Å². The summed E-state index contributed by atoms with van der Waals surface area (Å²) in [5.41, 5.74) is 4.11. The average molecular weight is 267 g/mol. The molecule has 0 fully saturated rings. The lowest BCUT2D eigenvalue weighted by atomic mass is 10.1. The van der Waals surface area contributed by atoms with Gasteiger partial charge in [-0.05, 0) is 31.5 Å². The maximum Gasteiger partial charge on any atom is 0.162 e. The van der Waals surface area contributed by atoms with E-state index in [4.69, 9.17) is 14.7 Å². The Morgan fingerprint density at radius 2 is 1.70 bits per heavy atom. The highest BCUT2D eigenvalue weighted by atomic mass is 16.5. The molecule has 0 amide bonds. The van der Waals surface area contributed by atoms with Gasteiger partial charge in [0.25, 0.3) is 0 Å². The van der Waals surface area contributed by atoms with E-state index in [1.165, 1.54) is 11.1 Å². The summed E-state index contributed by atoms with van der Waals surface area (Å²) in [5.74, 6) is 1.22. The van der Waals surface area contributed by atoms with Crippen LogP contribution in [-0.4, -0.2) is 7.11 Å². The lowest BCUT2D eigenvalue weighted by Crippen LogP contribution is -1.99. The van der Waals surface area contributed by atoms with Crippen LogP contribution in [0.5, 0.6) is 11.5 Å². The van der Waals surface area contributed by atoms with Crippen molar-refractivity contribution in [1.82, 2.24) is 0 Å². The molecule has 2 aromatic rings. The molecule has 0 N–H and O–H groups in total. The van der Waals surface area contributed by atoms with Crippen molar-refractivity contribution in [1.29, 1.82) is 5.26 Å². The minimum atomic E-state index is 0.477. The molecule has 20 heavy (non-hydrogen) atoms. The Bertz CT molecular complexity index is 636. The van der Waals surface area contributed by atoms with Gasteiger partial charge in [-0.15, -0.1) is 0 Å². The summed E-state index contributed by atoms with van der Waals surface area (Å²) in [5, 5.41) is 8.87. The minimum absolute atomic E-state index is 0.477. The third kappa shape index (κ3) is 3.30. The molecule has 0 unspecified atom stereocenters. The van der Waals surface area contributed by atoms with Crippen molar-refractivity contribution < 1.29 is 9.47 Å². The first kappa shape index (κ1) is 14.0. The zero-order chi connectivity index (χ0) is 14.5. The van der Waals surface area contributed by atoms with Crippen LogP contribution in [0.2, 0.25) is 0 Å². The van der Waals surface area contributed by atoms with Crippen LogP contribution in [0, 0.1) is 25.2 Å². The number of benzene rings is 2. The fourth-order valence-corrected chi connectivity index (χ4v) is 2.17. The SMILES string of the molecule is COc1cc(C#N)ccc1OCc1cc(C)cc(C)c1. The van der Waals surface area contributed by atoms with Crippen LogP contribution >= 0.6 is 0 Å². The normalized spacial score (nSPS) is 9.90. The predicted octanol–water partition coefficient (Wildman–Crippen LogP) is 3.76. The summed E-state index contributed by atoms with van der Waals surface area (Å²) in [4.78, 5) is 0. The molecule has 0 aliphatic rings. The van der Waals surface area contributed by atoms with Crippen LogP contribution in [0.4, 0.5) is 0 Å². The number of nitrogens with zero attached hydrogens (tertiary/aromatic N) is 1. The monoisotopic (exact) mass is 267 g/mol. The Balaban J connectivity index is 2.16. The van der Waals surface area contributed by atoms with E-state index in [1.807, 2.05) is 0 Å². The Labute approximate surface area is 119 Å². The molecule has 0 aromatic heterocycles. The zero-order valence-corrected chi connectivity index (χ0v) is 11.9. The molecule has 3 nitrogen and oxygen atoms in total. The molecule has 2 rings (SSSR count). The lowest BCUT2D eigenvalue weighted by Gasteiger charge is -2.11. The van der Waals surface area contributed by atoms with Gasteiger partial charge in [0.1, 0.15) is 6.61 Å². The molecule has 0 saturated carbocycles. The van der Waals surface area contributed by atoms with Crippen LogP contribution < -0.4 is 9.47 Å². The van der Waals surface area contributed by atoms with Crippen molar-refractivity contribution in [3.63, 3.8) is 0 Å². The number of hydrogen-bond acceptors (Lipinski definition) is 3. The lowest BCUT2D eigenvalue weighted by molar-refractivity contribution is 0.284. The molecule has 102 valence electrons. The highest BCUT2D eigenvalue weighted by molar-refractivity contribution is 5.46. The van der Waals surface area contributed by atoms with E-state index in [-0.39, 0.29) is 0 Å². The third-order valence-corrected chi connectivity index (χ3v) is 2.97. The molecule has 0 aliphatic carbocycles. The van der Waals surface area contributed by atoms with Gasteiger partial charge in [0.2, 0.25) is 0 Å².